The molecule has 17 heavy (non-hydrogen) atoms. The van der Waals surface area contributed by atoms with Crippen LogP contribution in [0.15, 0.2) is 45.1 Å². The second-order valence-electron chi connectivity index (χ2n) is 4.86. The Morgan fingerprint density at radius 2 is 2.00 bits per heavy atom. The quantitative estimate of drug-likeness (QED) is 0.638. The number of rotatable bonds is 1. The van der Waals surface area contributed by atoms with Gasteiger partial charge in [-0.15, -0.1) is 0 Å². The Hall–Kier alpha value is -1.64. The number of fused-ring (bicyclic) bond motifs is 1. The van der Waals surface area contributed by atoms with Crippen molar-refractivity contribution in [3.05, 3.63) is 35.1 Å². The topological polar surface area (TPSA) is 34.0 Å². The zero-order valence-corrected chi connectivity index (χ0v) is 11.0. The average Bonchev–Trinajstić information content (AvgIpc) is 2.26. The molecule has 0 spiro atoms. The fourth-order valence-electron chi connectivity index (χ4n) is 2.22. The van der Waals surface area contributed by atoms with Crippen molar-refractivity contribution < 1.29 is 4.74 Å². The summed E-state index contributed by atoms with van der Waals surface area (Å²) in [6.45, 7) is 6.29. The molecule has 0 saturated carbocycles. The van der Waals surface area contributed by atoms with Gasteiger partial charge in [-0.2, -0.15) is 0 Å². The van der Waals surface area contributed by atoms with Gasteiger partial charge in [0.2, 0.25) is 0 Å². The minimum absolute atomic E-state index is 0.171. The molecule has 3 nitrogen and oxygen atoms in total. The second kappa shape index (κ2) is 3.99. The Labute approximate surface area is 102 Å². The number of allylic oxidation sites excluding steroid dienone is 4. The average molecular weight is 230 g/mol. The third-order valence-corrected chi connectivity index (χ3v) is 2.93. The van der Waals surface area contributed by atoms with Gasteiger partial charge in [0, 0.05) is 18.7 Å². The number of hydrogen-bond donors (Lipinski definition) is 0. The van der Waals surface area contributed by atoms with Gasteiger partial charge in [-0.1, -0.05) is 6.08 Å². The molecular weight excluding hydrogens is 212 g/mol. The zero-order valence-electron chi connectivity index (χ0n) is 11.0. The summed E-state index contributed by atoms with van der Waals surface area (Å²) >= 11 is 0. The minimum atomic E-state index is -0.171. The van der Waals surface area contributed by atoms with Gasteiger partial charge in [0.1, 0.15) is 11.5 Å². The molecule has 90 valence electrons. The molecule has 0 unspecified atom stereocenters. The normalized spacial score (nSPS) is 24.4. The Morgan fingerprint density at radius 3 is 2.59 bits per heavy atom. The summed E-state index contributed by atoms with van der Waals surface area (Å²) in [7, 11) is 3.45. The van der Waals surface area contributed by atoms with E-state index >= 15 is 0 Å². The van der Waals surface area contributed by atoms with E-state index in [1.807, 2.05) is 6.08 Å². The smallest absolute Gasteiger partial charge is 0.146 e. The van der Waals surface area contributed by atoms with Crippen molar-refractivity contribution in [2.75, 3.05) is 14.2 Å². The lowest BCUT2D eigenvalue weighted by atomic mass is 9.87. The van der Waals surface area contributed by atoms with Crippen molar-refractivity contribution in [3.63, 3.8) is 0 Å². The van der Waals surface area contributed by atoms with Crippen LogP contribution < -0.4 is 0 Å². The Bertz CT molecular complexity index is 502. The summed E-state index contributed by atoms with van der Waals surface area (Å²) in [6, 6.07) is 0. The number of dihydropyridines is 1. The number of aliphatic imine (C=N–C) groups is 2. The van der Waals surface area contributed by atoms with Gasteiger partial charge in [-0.3, -0.25) is 9.98 Å². The summed E-state index contributed by atoms with van der Waals surface area (Å²) in [5.74, 6) is 0.795. The molecular formula is C14H18N2O. The van der Waals surface area contributed by atoms with E-state index in [0.29, 0.717) is 0 Å². The van der Waals surface area contributed by atoms with Crippen molar-refractivity contribution in [1.29, 1.82) is 0 Å². The van der Waals surface area contributed by atoms with Crippen molar-refractivity contribution in [3.8, 4) is 0 Å². The Morgan fingerprint density at radius 1 is 1.29 bits per heavy atom. The van der Waals surface area contributed by atoms with Crippen LogP contribution in [0.1, 0.15) is 20.8 Å². The highest BCUT2D eigenvalue weighted by atomic mass is 16.5. The molecule has 0 fully saturated rings. The van der Waals surface area contributed by atoms with E-state index in [-0.39, 0.29) is 5.54 Å². The highest BCUT2D eigenvalue weighted by Crippen LogP contribution is 2.31. The van der Waals surface area contributed by atoms with Crippen LogP contribution in [-0.4, -0.2) is 31.1 Å². The summed E-state index contributed by atoms with van der Waals surface area (Å²) in [6.07, 6.45) is 6.16. The first-order chi connectivity index (χ1) is 7.96. The van der Waals surface area contributed by atoms with E-state index in [9.17, 15) is 0 Å². The van der Waals surface area contributed by atoms with E-state index in [2.05, 4.69) is 37.9 Å². The summed E-state index contributed by atoms with van der Waals surface area (Å²) in [5.41, 5.74) is 4.02. The molecule has 0 radical (unpaired) electrons. The molecule has 2 rings (SSSR count). The van der Waals surface area contributed by atoms with Crippen molar-refractivity contribution in [1.82, 2.24) is 0 Å². The fraction of sp³-hybridized carbons (Fsp3) is 0.429. The van der Waals surface area contributed by atoms with Crippen LogP contribution in [0.2, 0.25) is 0 Å². The third-order valence-electron chi connectivity index (χ3n) is 2.93. The molecule has 0 atom stereocenters. The van der Waals surface area contributed by atoms with E-state index in [1.54, 1.807) is 14.2 Å². The molecule has 0 aromatic carbocycles. The lowest BCUT2D eigenvalue weighted by molar-refractivity contribution is 0.314. The van der Waals surface area contributed by atoms with Gasteiger partial charge in [-0.25, -0.2) is 0 Å². The monoisotopic (exact) mass is 230 g/mol. The molecule has 2 aliphatic rings. The van der Waals surface area contributed by atoms with Crippen LogP contribution in [-0.2, 0) is 4.74 Å². The van der Waals surface area contributed by atoms with Crippen molar-refractivity contribution in [2.45, 2.75) is 26.3 Å². The molecule has 0 saturated heterocycles. The molecule has 1 aliphatic heterocycles. The van der Waals surface area contributed by atoms with Gasteiger partial charge in [0.25, 0.3) is 0 Å². The lowest BCUT2D eigenvalue weighted by Crippen LogP contribution is -2.27. The SMILES string of the molecule is CN=C1C=C(OC)C2=NC(C)(C)C=C(C)C2=C1. The molecule has 1 aliphatic carbocycles. The first kappa shape index (κ1) is 11.8. The summed E-state index contributed by atoms with van der Waals surface area (Å²) in [4.78, 5) is 8.94. The summed E-state index contributed by atoms with van der Waals surface area (Å²) < 4.78 is 5.42. The van der Waals surface area contributed by atoms with Crippen LogP contribution in [0.25, 0.3) is 0 Å². The van der Waals surface area contributed by atoms with Crippen LogP contribution in [0, 0.1) is 0 Å². The number of methoxy groups -OCH3 is 1. The molecule has 0 aromatic rings. The largest absolute Gasteiger partial charge is 0.494 e. The number of hydrogen-bond acceptors (Lipinski definition) is 3. The maximum atomic E-state index is 5.42. The zero-order chi connectivity index (χ0) is 12.6. The van der Waals surface area contributed by atoms with E-state index in [0.717, 1.165) is 22.8 Å². The number of ether oxygens (including phenoxy) is 1. The lowest BCUT2D eigenvalue weighted by Gasteiger charge is -2.28. The molecule has 0 aromatic heterocycles. The predicted molar refractivity (Wildman–Crippen MR) is 71.8 cm³/mol. The van der Waals surface area contributed by atoms with Gasteiger partial charge in [-0.05, 0) is 32.4 Å². The van der Waals surface area contributed by atoms with E-state index in [4.69, 9.17) is 9.73 Å². The molecule has 0 amide bonds. The number of nitrogens with zero attached hydrogens (tertiary/aromatic N) is 2. The van der Waals surface area contributed by atoms with E-state index < -0.39 is 0 Å². The molecule has 0 bridgehead atoms. The Balaban J connectivity index is 2.58. The minimum Gasteiger partial charge on any atom is -0.494 e. The first-order valence-electron chi connectivity index (χ1n) is 5.71. The van der Waals surface area contributed by atoms with Gasteiger partial charge in [0.15, 0.2) is 0 Å². The molecule has 0 N–H and O–H groups in total. The Kier molecular flexibility index (Phi) is 2.77. The second-order valence-corrected chi connectivity index (χ2v) is 4.86. The maximum Gasteiger partial charge on any atom is 0.146 e. The van der Waals surface area contributed by atoms with Gasteiger partial charge >= 0.3 is 0 Å². The highest BCUT2D eigenvalue weighted by molar-refractivity contribution is 6.25. The van der Waals surface area contributed by atoms with Crippen LogP contribution in [0.3, 0.4) is 0 Å². The predicted octanol–water partition coefficient (Wildman–Crippen LogP) is 2.71. The van der Waals surface area contributed by atoms with Crippen LogP contribution in [0.4, 0.5) is 0 Å². The van der Waals surface area contributed by atoms with Crippen molar-refractivity contribution >= 4 is 11.4 Å². The molecule has 3 heteroatoms. The third kappa shape index (κ3) is 2.09. The van der Waals surface area contributed by atoms with E-state index in [1.165, 1.54) is 5.57 Å². The maximum absolute atomic E-state index is 5.42. The molecule has 1 heterocycles. The van der Waals surface area contributed by atoms with Gasteiger partial charge in [0.05, 0.1) is 18.4 Å². The summed E-state index contributed by atoms with van der Waals surface area (Å²) in [5, 5.41) is 0. The van der Waals surface area contributed by atoms with Crippen molar-refractivity contribution in [2.24, 2.45) is 9.98 Å². The highest BCUT2D eigenvalue weighted by Gasteiger charge is 2.28. The first-order valence-corrected chi connectivity index (χ1v) is 5.71. The fourth-order valence-corrected chi connectivity index (χ4v) is 2.22. The van der Waals surface area contributed by atoms with Crippen LogP contribution in [0.5, 0.6) is 0 Å². The van der Waals surface area contributed by atoms with Crippen LogP contribution >= 0.6 is 0 Å². The standard InChI is InChI=1S/C14H18N2O/c1-9-8-14(2,3)16-13-11(9)6-10(15-4)7-12(13)17-5/h6-8H,1-5H3. The van der Waals surface area contributed by atoms with Gasteiger partial charge < -0.3 is 4.74 Å².